The number of carbonyl (C=O) groups is 1. The third kappa shape index (κ3) is 2.27. The summed E-state index contributed by atoms with van der Waals surface area (Å²) in [4.78, 5) is 10.4. The van der Waals surface area contributed by atoms with E-state index in [2.05, 4.69) is 6.58 Å². The standard InChI is InChI=1S/C4H7NO3S/c1-3-4(6)5(2)9(7)8/h3,9H,1H2,2H3. The van der Waals surface area contributed by atoms with Crippen LogP contribution in [0.4, 0.5) is 0 Å². The van der Waals surface area contributed by atoms with Crippen LogP contribution in [-0.2, 0) is 15.7 Å². The third-order valence-corrected chi connectivity index (χ3v) is 1.43. The van der Waals surface area contributed by atoms with Gasteiger partial charge in [-0.15, -0.1) is 0 Å². The predicted octanol–water partition coefficient (Wildman–Crippen LogP) is -0.843. The zero-order chi connectivity index (χ0) is 7.44. The Hall–Kier alpha value is -0.840. The second-order valence-corrected chi connectivity index (χ2v) is 2.38. The van der Waals surface area contributed by atoms with Gasteiger partial charge in [0.15, 0.2) is 0 Å². The van der Waals surface area contributed by atoms with Gasteiger partial charge < -0.3 is 0 Å². The lowest BCUT2D eigenvalue weighted by Crippen LogP contribution is -2.22. The lowest BCUT2D eigenvalue weighted by atomic mass is 10.6. The number of hydrogen-bond donors (Lipinski definition) is 1. The molecule has 0 bridgehead atoms. The Kier molecular flexibility index (Phi) is 2.94. The van der Waals surface area contributed by atoms with Gasteiger partial charge in [0.1, 0.15) is 0 Å². The van der Waals surface area contributed by atoms with E-state index in [1.165, 1.54) is 0 Å². The van der Waals surface area contributed by atoms with E-state index in [1.807, 2.05) is 0 Å². The molecule has 0 rings (SSSR count). The van der Waals surface area contributed by atoms with Crippen LogP contribution >= 0.6 is 0 Å². The van der Waals surface area contributed by atoms with Gasteiger partial charge in [-0.2, -0.15) is 0 Å². The monoisotopic (exact) mass is 149 g/mol. The summed E-state index contributed by atoms with van der Waals surface area (Å²) in [6.45, 7) is 3.11. The molecule has 0 N–H and O–H groups in total. The third-order valence-electron chi connectivity index (χ3n) is 0.739. The van der Waals surface area contributed by atoms with E-state index in [0.717, 1.165) is 13.1 Å². The van der Waals surface area contributed by atoms with Crippen molar-refractivity contribution in [3.8, 4) is 0 Å². The summed E-state index contributed by atoms with van der Waals surface area (Å²) in [6.07, 6.45) is 0.936. The van der Waals surface area contributed by atoms with Crippen LogP contribution in [0.2, 0.25) is 0 Å². The number of rotatable bonds is 2. The van der Waals surface area contributed by atoms with Gasteiger partial charge in [0, 0.05) is 7.05 Å². The average Bonchev–Trinajstić information content (AvgIpc) is 1.84. The predicted molar refractivity (Wildman–Crippen MR) is 33.3 cm³/mol. The first-order valence-electron chi connectivity index (χ1n) is 2.14. The normalized spacial score (nSPS) is 9.11. The molecule has 0 aromatic heterocycles. The van der Waals surface area contributed by atoms with E-state index in [4.69, 9.17) is 0 Å². The molecular formula is C4H7NO3S. The molecule has 0 aromatic rings. The summed E-state index contributed by atoms with van der Waals surface area (Å²) in [7, 11) is -1.63. The molecule has 52 valence electrons. The number of amides is 1. The molecule has 0 aliphatic carbocycles. The second-order valence-electron chi connectivity index (χ2n) is 1.30. The van der Waals surface area contributed by atoms with Crippen LogP contribution in [0.1, 0.15) is 0 Å². The van der Waals surface area contributed by atoms with Gasteiger partial charge in [0.2, 0.25) is 10.9 Å². The Balaban J connectivity index is 4.20. The van der Waals surface area contributed by atoms with Crippen LogP contribution in [0.15, 0.2) is 12.7 Å². The van der Waals surface area contributed by atoms with Crippen molar-refractivity contribution in [1.82, 2.24) is 4.31 Å². The quantitative estimate of drug-likeness (QED) is 0.411. The number of carbonyl (C=O) groups excluding carboxylic acids is 1. The van der Waals surface area contributed by atoms with Gasteiger partial charge in [-0.05, 0) is 6.08 Å². The minimum absolute atomic E-state index is 0.586. The molecule has 0 aromatic carbocycles. The van der Waals surface area contributed by atoms with E-state index in [0.29, 0.717) is 4.31 Å². The zero-order valence-corrected chi connectivity index (χ0v) is 5.80. The van der Waals surface area contributed by atoms with Gasteiger partial charge in [0.25, 0.3) is 5.91 Å². The van der Waals surface area contributed by atoms with Crippen LogP contribution in [0.25, 0.3) is 0 Å². The lowest BCUT2D eigenvalue weighted by molar-refractivity contribution is -0.120. The van der Waals surface area contributed by atoms with Crippen LogP contribution < -0.4 is 0 Å². The molecule has 1 amide bonds. The van der Waals surface area contributed by atoms with Gasteiger partial charge in [-0.3, -0.25) is 4.79 Å². The highest BCUT2D eigenvalue weighted by Crippen LogP contribution is 1.82. The van der Waals surface area contributed by atoms with Gasteiger partial charge in [0.05, 0.1) is 0 Å². The molecule has 5 heteroatoms. The van der Waals surface area contributed by atoms with Crippen LogP contribution in [0.3, 0.4) is 0 Å². The molecule has 0 aliphatic heterocycles. The van der Waals surface area contributed by atoms with Gasteiger partial charge >= 0.3 is 0 Å². The van der Waals surface area contributed by atoms with E-state index in [-0.39, 0.29) is 0 Å². The summed E-state index contributed by atoms with van der Waals surface area (Å²) >= 11 is 0. The van der Waals surface area contributed by atoms with Crippen LogP contribution in [-0.4, -0.2) is 25.7 Å². The van der Waals surface area contributed by atoms with Crippen LogP contribution in [0.5, 0.6) is 0 Å². The minimum atomic E-state index is -2.79. The van der Waals surface area contributed by atoms with Crippen molar-refractivity contribution < 1.29 is 13.2 Å². The fourth-order valence-corrected chi connectivity index (χ4v) is 0.455. The topological polar surface area (TPSA) is 54.5 Å². The van der Waals surface area contributed by atoms with Crippen molar-refractivity contribution in [3.63, 3.8) is 0 Å². The lowest BCUT2D eigenvalue weighted by Gasteiger charge is -2.02. The first kappa shape index (κ1) is 8.16. The molecular weight excluding hydrogens is 142 g/mol. The first-order valence-corrected chi connectivity index (χ1v) is 3.27. The molecule has 0 radical (unpaired) electrons. The average molecular weight is 149 g/mol. The van der Waals surface area contributed by atoms with E-state index in [1.54, 1.807) is 0 Å². The maximum atomic E-state index is 10.4. The summed E-state index contributed by atoms with van der Waals surface area (Å²) < 4.78 is 20.6. The maximum Gasteiger partial charge on any atom is 0.258 e. The van der Waals surface area contributed by atoms with Crippen molar-refractivity contribution in [1.29, 1.82) is 0 Å². The minimum Gasteiger partial charge on any atom is -0.269 e. The SMILES string of the molecule is C=CC(=O)N(C)[SH](=O)=O. The van der Waals surface area contributed by atoms with E-state index < -0.39 is 16.8 Å². The molecule has 0 fully saturated rings. The Bertz CT molecular complexity index is 188. The highest BCUT2D eigenvalue weighted by Gasteiger charge is 2.02. The molecule has 0 atom stereocenters. The van der Waals surface area contributed by atoms with Crippen LogP contribution in [0, 0.1) is 0 Å². The van der Waals surface area contributed by atoms with Crippen molar-refractivity contribution >= 4 is 16.8 Å². The molecule has 0 saturated carbocycles. The maximum absolute atomic E-state index is 10.4. The Morgan fingerprint density at radius 2 is 2.11 bits per heavy atom. The van der Waals surface area contributed by atoms with Gasteiger partial charge in [-0.25, -0.2) is 12.7 Å². The fourth-order valence-electron chi connectivity index (χ4n) is 0.213. The molecule has 0 unspecified atom stereocenters. The molecule has 9 heavy (non-hydrogen) atoms. The second kappa shape index (κ2) is 3.24. The van der Waals surface area contributed by atoms with E-state index in [9.17, 15) is 13.2 Å². The Morgan fingerprint density at radius 3 is 2.22 bits per heavy atom. The number of nitrogens with zero attached hydrogens (tertiary/aromatic N) is 1. The summed E-state index contributed by atoms with van der Waals surface area (Å²) in [5, 5.41) is 0. The summed E-state index contributed by atoms with van der Waals surface area (Å²) in [5.41, 5.74) is 0. The molecule has 4 nitrogen and oxygen atoms in total. The van der Waals surface area contributed by atoms with Crippen molar-refractivity contribution in [2.75, 3.05) is 7.05 Å². The largest absolute Gasteiger partial charge is 0.269 e. The van der Waals surface area contributed by atoms with Crippen molar-refractivity contribution in [3.05, 3.63) is 12.7 Å². The highest BCUT2D eigenvalue weighted by molar-refractivity contribution is 7.70. The summed E-state index contributed by atoms with van der Waals surface area (Å²) in [5.74, 6) is -0.619. The fraction of sp³-hybridized carbons (Fsp3) is 0.250. The Labute approximate surface area is 54.9 Å². The van der Waals surface area contributed by atoms with Crippen molar-refractivity contribution in [2.24, 2.45) is 0 Å². The molecule has 0 saturated heterocycles. The zero-order valence-electron chi connectivity index (χ0n) is 4.90. The molecule has 0 spiro atoms. The smallest absolute Gasteiger partial charge is 0.258 e. The highest BCUT2D eigenvalue weighted by atomic mass is 32.2. The number of likely N-dealkylation sites (N-methyl/N-ethyl adjacent to an activating group) is 1. The summed E-state index contributed by atoms with van der Waals surface area (Å²) in [6, 6.07) is 0. The molecule has 0 heterocycles. The Morgan fingerprint density at radius 1 is 1.67 bits per heavy atom. The first-order chi connectivity index (χ1) is 4.09. The molecule has 0 aliphatic rings. The van der Waals surface area contributed by atoms with Crippen molar-refractivity contribution in [2.45, 2.75) is 0 Å². The number of hydrogen-bond acceptors (Lipinski definition) is 3. The van der Waals surface area contributed by atoms with Gasteiger partial charge in [-0.1, -0.05) is 6.58 Å². The number of thiol groups is 1. The van der Waals surface area contributed by atoms with E-state index >= 15 is 0 Å².